The predicted molar refractivity (Wildman–Crippen MR) is 75.8 cm³/mol. The van der Waals surface area contributed by atoms with Gasteiger partial charge >= 0.3 is 5.91 Å². The van der Waals surface area contributed by atoms with Crippen LogP contribution in [0.5, 0.6) is 0 Å². The van der Waals surface area contributed by atoms with Gasteiger partial charge in [-0.25, -0.2) is 5.84 Å². The molecule has 0 spiro atoms. The maximum absolute atomic E-state index is 11.4. The molecule has 20 heavy (non-hydrogen) atoms. The van der Waals surface area contributed by atoms with E-state index in [1.54, 1.807) is 0 Å². The molecule has 5 heteroatoms. The van der Waals surface area contributed by atoms with Gasteiger partial charge in [-0.2, -0.15) is 0 Å². The highest BCUT2D eigenvalue weighted by atomic mass is 16.5. The van der Waals surface area contributed by atoms with Crippen LogP contribution in [0.3, 0.4) is 0 Å². The first-order valence-corrected chi connectivity index (χ1v) is 6.94. The van der Waals surface area contributed by atoms with E-state index in [9.17, 15) is 4.79 Å². The summed E-state index contributed by atoms with van der Waals surface area (Å²) >= 11 is 0. The third kappa shape index (κ3) is 3.49. The number of aryl methyl sites for hydroxylation is 1. The smallest absolute Gasteiger partial charge is 0.301 e. The molecule has 1 aliphatic carbocycles. The Morgan fingerprint density at radius 3 is 2.95 bits per heavy atom. The zero-order valence-corrected chi connectivity index (χ0v) is 12.0. The first-order chi connectivity index (χ1) is 9.61. The summed E-state index contributed by atoms with van der Waals surface area (Å²) in [5.74, 6) is 6.79. The molecular formula is C15H22N2O3. The van der Waals surface area contributed by atoms with Crippen molar-refractivity contribution in [1.29, 1.82) is 0 Å². The molecule has 0 aromatic carbocycles. The lowest BCUT2D eigenvalue weighted by Crippen LogP contribution is -2.30. The number of hydrazine groups is 1. The lowest BCUT2D eigenvalue weighted by molar-refractivity contribution is 0.0573. The molecule has 0 bridgehead atoms. The molecule has 0 radical (unpaired) electrons. The highest BCUT2D eigenvalue weighted by Crippen LogP contribution is 2.25. The Labute approximate surface area is 119 Å². The summed E-state index contributed by atoms with van der Waals surface area (Å²) in [4.78, 5) is 11.4. The summed E-state index contributed by atoms with van der Waals surface area (Å²) in [6, 6.07) is 1.81. The van der Waals surface area contributed by atoms with Gasteiger partial charge in [0.15, 0.2) is 5.76 Å². The Kier molecular flexibility index (Phi) is 4.98. The summed E-state index contributed by atoms with van der Waals surface area (Å²) in [6.07, 6.45) is 6.64. The topological polar surface area (TPSA) is 77.5 Å². The Morgan fingerprint density at radius 2 is 2.25 bits per heavy atom. The van der Waals surface area contributed by atoms with Gasteiger partial charge in [-0.15, -0.1) is 0 Å². The number of carbonyl (C=O) groups is 1. The van der Waals surface area contributed by atoms with Crippen LogP contribution in [-0.2, 0) is 11.3 Å². The number of carbonyl (C=O) groups excluding carboxylic acids is 1. The quantitative estimate of drug-likeness (QED) is 0.375. The Hall–Kier alpha value is -1.59. The normalized spacial score (nSPS) is 21.9. The number of nitrogen functional groups attached to an aromatic ring is 1. The van der Waals surface area contributed by atoms with Crippen molar-refractivity contribution >= 4 is 5.91 Å². The van der Waals surface area contributed by atoms with Crippen molar-refractivity contribution < 1.29 is 13.9 Å². The monoisotopic (exact) mass is 278 g/mol. The van der Waals surface area contributed by atoms with Crippen LogP contribution in [0.25, 0.3) is 0 Å². The number of furan rings is 1. The van der Waals surface area contributed by atoms with Crippen LogP contribution in [0.15, 0.2) is 22.6 Å². The molecule has 0 fully saturated rings. The molecule has 1 aromatic rings. The van der Waals surface area contributed by atoms with Crippen molar-refractivity contribution in [1.82, 2.24) is 5.43 Å². The summed E-state index contributed by atoms with van der Waals surface area (Å²) in [5.41, 5.74) is 2.83. The zero-order valence-electron chi connectivity index (χ0n) is 12.0. The van der Waals surface area contributed by atoms with Crippen molar-refractivity contribution in [3.63, 3.8) is 0 Å². The minimum Gasteiger partial charge on any atom is -0.453 e. The van der Waals surface area contributed by atoms with E-state index in [-0.39, 0.29) is 5.76 Å². The Bertz CT molecular complexity index is 493. The average Bonchev–Trinajstić information content (AvgIpc) is 2.81. The Morgan fingerprint density at radius 1 is 1.50 bits per heavy atom. The molecule has 0 saturated heterocycles. The molecule has 2 unspecified atom stereocenters. The molecule has 1 aliphatic rings. The molecule has 1 heterocycles. The van der Waals surface area contributed by atoms with Gasteiger partial charge in [-0.05, 0) is 37.7 Å². The fourth-order valence-corrected chi connectivity index (χ4v) is 2.46. The molecule has 2 atom stereocenters. The van der Waals surface area contributed by atoms with Crippen molar-refractivity contribution in [2.24, 2.45) is 17.7 Å². The van der Waals surface area contributed by atoms with Gasteiger partial charge in [0.25, 0.3) is 0 Å². The highest BCUT2D eigenvalue weighted by Gasteiger charge is 2.19. The summed E-state index contributed by atoms with van der Waals surface area (Å²) in [7, 11) is 0. The SMILES string of the molecule is Cc1cc(COCC2CC=CCC2C)oc1C(=O)NN. The number of nitrogens with one attached hydrogen (secondary N) is 1. The zero-order chi connectivity index (χ0) is 14.5. The van der Waals surface area contributed by atoms with E-state index in [1.807, 2.05) is 13.0 Å². The molecule has 2 rings (SSSR count). The lowest BCUT2D eigenvalue weighted by Gasteiger charge is -2.24. The van der Waals surface area contributed by atoms with Gasteiger partial charge in [0, 0.05) is 5.56 Å². The molecule has 1 amide bonds. The first-order valence-electron chi connectivity index (χ1n) is 6.94. The minimum absolute atomic E-state index is 0.250. The van der Waals surface area contributed by atoms with Gasteiger partial charge in [0.2, 0.25) is 0 Å². The maximum atomic E-state index is 11.4. The molecule has 1 aromatic heterocycles. The van der Waals surface area contributed by atoms with E-state index < -0.39 is 5.91 Å². The molecule has 110 valence electrons. The van der Waals surface area contributed by atoms with Gasteiger partial charge in [-0.1, -0.05) is 19.1 Å². The van der Waals surface area contributed by atoms with Gasteiger partial charge in [-0.3, -0.25) is 10.2 Å². The average molecular weight is 278 g/mol. The van der Waals surface area contributed by atoms with E-state index >= 15 is 0 Å². The second kappa shape index (κ2) is 6.72. The fraction of sp³-hybridized carbons (Fsp3) is 0.533. The summed E-state index contributed by atoms with van der Waals surface area (Å²) in [6.45, 7) is 5.15. The third-order valence-electron chi connectivity index (χ3n) is 3.80. The molecule has 5 nitrogen and oxygen atoms in total. The Balaban J connectivity index is 1.85. The molecular weight excluding hydrogens is 256 g/mol. The largest absolute Gasteiger partial charge is 0.453 e. The van der Waals surface area contributed by atoms with E-state index in [1.165, 1.54) is 0 Å². The molecule has 3 N–H and O–H groups in total. The second-order valence-electron chi connectivity index (χ2n) is 5.39. The van der Waals surface area contributed by atoms with Crippen LogP contribution in [0.1, 0.15) is 41.6 Å². The first kappa shape index (κ1) is 14.8. The predicted octanol–water partition coefficient (Wildman–Crippen LogP) is 2.31. The summed E-state index contributed by atoms with van der Waals surface area (Å²) in [5, 5.41) is 0. The van der Waals surface area contributed by atoms with Crippen molar-refractivity contribution in [2.45, 2.75) is 33.3 Å². The van der Waals surface area contributed by atoms with Crippen LogP contribution < -0.4 is 11.3 Å². The molecule has 0 saturated carbocycles. The van der Waals surface area contributed by atoms with Crippen LogP contribution >= 0.6 is 0 Å². The van der Waals surface area contributed by atoms with Crippen molar-refractivity contribution in [3.05, 3.63) is 35.3 Å². The number of ether oxygens (including phenoxy) is 1. The van der Waals surface area contributed by atoms with E-state index in [4.69, 9.17) is 15.0 Å². The van der Waals surface area contributed by atoms with Gasteiger partial charge in [0.05, 0.1) is 6.61 Å². The number of hydrogen-bond acceptors (Lipinski definition) is 4. The van der Waals surface area contributed by atoms with E-state index in [0.717, 1.165) is 18.4 Å². The second-order valence-corrected chi connectivity index (χ2v) is 5.39. The third-order valence-corrected chi connectivity index (χ3v) is 3.80. The fourth-order valence-electron chi connectivity index (χ4n) is 2.46. The van der Waals surface area contributed by atoms with Gasteiger partial charge < -0.3 is 9.15 Å². The van der Waals surface area contributed by atoms with Crippen LogP contribution in [-0.4, -0.2) is 12.5 Å². The lowest BCUT2D eigenvalue weighted by atomic mass is 9.85. The van der Waals surface area contributed by atoms with Crippen molar-refractivity contribution in [2.75, 3.05) is 6.61 Å². The van der Waals surface area contributed by atoms with E-state index in [2.05, 4.69) is 24.5 Å². The van der Waals surface area contributed by atoms with Crippen LogP contribution in [0, 0.1) is 18.8 Å². The summed E-state index contributed by atoms with van der Waals surface area (Å²) < 4.78 is 11.2. The minimum atomic E-state index is -0.417. The van der Waals surface area contributed by atoms with E-state index in [0.29, 0.717) is 30.8 Å². The molecule has 0 aliphatic heterocycles. The van der Waals surface area contributed by atoms with Crippen LogP contribution in [0.4, 0.5) is 0 Å². The highest BCUT2D eigenvalue weighted by molar-refractivity contribution is 5.92. The number of nitrogens with two attached hydrogens (primary N) is 1. The number of hydrogen-bond donors (Lipinski definition) is 2. The number of amides is 1. The maximum Gasteiger partial charge on any atom is 0.301 e. The van der Waals surface area contributed by atoms with Crippen molar-refractivity contribution in [3.8, 4) is 0 Å². The van der Waals surface area contributed by atoms with Gasteiger partial charge in [0.1, 0.15) is 12.4 Å². The van der Waals surface area contributed by atoms with Crippen LogP contribution in [0.2, 0.25) is 0 Å². The number of allylic oxidation sites excluding steroid dienone is 2. The number of rotatable bonds is 5. The standard InChI is InChI=1S/C15H22N2O3/c1-10-5-3-4-6-12(10)8-19-9-13-7-11(2)14(20-13)15(18)17-16/h3-4,7,10,12H,5-6,8-9,16H2,1-2H3,(H,17,18).